The molecule has 2 aliphatic rings. The number of aromatic amines is 1. The summed E-state index contributed by atoms with van der Waals surface area (Å²) in [6.07, 6.45) is 3.43. The van der Waals surface area contributed by atoms with Crippen molar-refractivity contribution >= 4 is 16.9 Å². The summed E-state index contributed by atoms with van der Waals surface area (Å²) in [5.41, 5.74) is 5.86. The fourth-order valence-electron chi connectivity index (χ4n) is 4.42. The van der Waals surface area contributed by atoms with Crippen LogP contribution >= 0.6 is 0 Å². The van der Waals surface area contributed by atoms with Gasteiger partial charge in [0.25, 0.3) is 0 Å². The lowest BCUT2D eigenvalue weighted by Gasteiger charge is -2.41. The second kappa shape index (κ2) is 5.98. The van der Waals surface area contributed by atoms with Crippen LogP contribution in [0.15, 0.2) is 29.8 Å². The van der Waals surface area contributed by atoms with Crippen molar-refractivity contribution in [2.24, 2.45) is 5.41 Å². The lowest BCUT2D eigenvalue weighted by Crippen LogP contribution is -2.43. The van der Waals surface area contributed by atoms with Crippen molar-refractivity contribution in [2.45, 2.75) is 52.7 Å². The Balaban J connectivity index is 1.75. The van der Waals surface area contributed by atoms with E-state index in [2.05, 4.69) is 48.1 Å². The largest absolute Gasteiger partial charge is 0.459 e. The summed E-state index contributed by atoms with van der Waals surface area (Å²) in [5, 5.41) is 1.33. The molecule has 138 valence electrons. The van der Waals surface area contributed by atoms with Gasteiger partial charge >= 0.3 is 5.97 Å². The summed E-state index contributed by atoms with van der Waals surface area (Å²) in [5.74, 6) is 0.274. The number of hydrogen-bond acceptors (Lipinski definition) is 3. The molecule has 0 radical (unpaired) electrons. The number of rotatable bonds is 2. The van der Waals surface area contributed by atoms with Crippen LogP contribution in [0.4, 0.5) is 0 Å². The Hall–Kier alpha value is -2.07. The van der Waals surface area contributed by atoms with Crippen LogP contribution in [0.1, 0.15) is 50.4 Å². The lowest BCUT2D eigenvalue weighted by molar-refractivity contribution is -0.154. The average molecular weight is 352 g/mol. The number of nitrogens with one attached hydrogen (secondary N) is 1. The Kier molecular flexibility index (Phi) is 3.99. The third-order valence-corrected chi connectivity index (χ3v) is 5.72. The van der Waals surface area contributed by atoms with Gasteiger partial charge in [-0.3, -0.25) is 9.69 Å². The van der Waals surface area contributed by atoms with Gasteiger partial charge in [-0.1, -0.05) is 23.8 Å². The van der Waals surface area contributed by atoms with Crippen molar-refractivity contribution in [1.29, 1.82) is 0 Å². The number of likely N-dealkylation sites (N-methyl/N-ethyl adjacent to an activating group) is 1. The van der Waals surface area contributed by atoms with Crippen molar-refractivity contribution in [2.75, 3.05) is 13.6 Å². The van der Waals surface area contributed by atoms with Crippen LogP contribution in [-0.2, 0) is 22.6 Å². The zero-order chi connectivity index (χ0) is 18.6. The number of carbonyl (C=O) groups excluding carboxylic acids is 1. The molecule has 0 unspecified atom stereocenters. The zero-order valence-corrected chi connectivity index (χ0v) is 16.3. The molecule has 1 aliphatic carbocycles. The van der Waals surface area contributed by atoms with E-state index in [1.165, 1.54) is 22.1 Å². The van der Waals surface area contributed by atoms with E-state index in [0.29, 0.717) is 18.6 Å². The van der Waals surface area contributed by atoms with E-state index < -0.39 is 5.41 Å². The smallest absolute Gasteiger partial charge is 0.311 e. The molecule has 2 atom stereocenters. The number of hydrogen-bond donors (Lipinski definition) is 1. The number of nitrogens with zero attached hydrogens (tertiary/aromatic N) is 1. The number of ether oxygens (including phenoxy) is 1. The number of H-pyrrole nitrogens is 1. The minimum Gasteiger partial charge on any atom is -0.459 e. The number of benzene rings is 1. The summed E-state index contributed by atoms with van der Waals surface area (Å²) < 4.78 is 5.61. The van der Waals surface area contributed by atoms with Crippen molar-refractivity contribution in [3.8, 4) is 0 Å². The standard InChI is InChI=1S/C22H28N2O2/c1-13-9-15-14-7-6-8-17-20(14)16(10-19(15)24(5)11-13)18(23-17)12-26-21(25)22(2,3)4/h6-9,15,19,23H,10-12H2,1-5H3/t15-,19-/m1/s1. The summed E-state index contributed by atoms with van der Waals surface area (Å²) in [4.78, 5) is 18.2. The third kappa shape index (κ3) is 2.77. The number of esters is 1. The van der Waals surface area contributed by atoms with Crippen LogP contribution in [0.3, 0.4) is 0 Å². The van der Waals surface area contributed by atoms with E-state index in [9.17, 15) is 4.79 Å². The minimum absolute atomic E-state index is 0.161. The Bertz CT molecular complexity index is 901. The van der Waals surface area contributed by atoms with Crippen molar-refractivity contribution in [1.82, 2.24) is 9.88 Å². The van der Waals surface area contributed by atoms with Gasteiger partial charge < -0.3 is 9.72 Å². The van der Waals surface area contributed by atoms with E-state index in [0.717, 1.165) is 24.2 Å². The van der Waals surface area contributed by atoms with Crippen LogP contribution in [0.2, 0.25) is 0 Å². The summed E-state index contributed by atoms with van der Waals surface area (Å²) in [6, 6.07) is 6.97. The number of aromatic nitrogens is 1. The molecule has 0 saturated heterocycles. The third-order valence-electron chi connectivity index (χ3n) is 5.72. The van der Waals surface area contributed by atoms with Gasteiger partial charge in [0.15, 0.2) is 0 Å². The number of fused-ring (bicyclic) bond motifs is 2. The monoisotopic (exact) mass is 352 g/mol. The molecule has 2 heterocycles. The molecule has 0 spiro atoms. The van der Waals surface area contributed by atoms with Gasteiger partial charge in [0.05, 0.1) is 11.1 Å². The molecule has 26 heavy (non-hydrogen) atoms. The van der Waals surface area contributed by atoms with E-state index in [1.807, 2.05) is 20.8 Å². The zero-order valence-electron chi connectivity index (χ0n) is 16.3. The lowest BCUT2D eigenvalue weighted by atomic mass is 9.76. The molecule has 4 nitrogen and oxygen atoms in total. The molecule has 0 amide bonds. The van der Waals surface area contributed by atoms with Gasteiger partial charge in [-0.25, -0.2) is 0 Å². The normalized spacial score (nSPS) is 22.9. The van der Waals surface area contributed by atoms with E-state index >= 15 is 0 Å². The average Bonchev–Trinajstić information content (AvgIpc) is 2.92. The highest BCUT2D eigenvalue weighted by molar-refractivity contribution is 5.90. The first-order valence-electron chi connectivity index (χ1n) is 9.43. The summed E-state index contributed by atoms with van der Waals surface area (Å²) >= 11 is 0. The Morgan fingerprint density at radius 2 is 2.12 bits per heavy atom. The minimum atomic E-state index is -0.481. The Morgan fingerprint density at radius 3 is 2.85 bits per heavy atom. The first-order valence-corrected chi connectivity index (χ1v) is 9.43. The van der Waals surface area contributed by atoms with Crippen molar-refractivity contribution < 1.29 is 9.53 Å². The molecular formula is C22H28N2O2. The second-order valence-electron chi connectivity index (χ2n) is 8.90. The quantitative estimate of drug-likeness (QED) is 0.652. The van der Waals surface area contributed by atoms with Crippen LogP contribution < -0.4 is 0 Å². The molecule has 4 rings (SSSR count). The number of carbonyl (C=O) groups is 1. The van der Waals surface area contributed by atoms with Gasteiger partial charge in [0.1, 0.15) is 6.61 Å². The molecule has 1 aliphatic heterocycles. The van der Waals surface area contributed by atoms with Gasteiger partial charge in [0.2, 0.25) is 0 Å². The van der Waals surface area contributed by atoms with Gasteiger partial charge in [-0.2, -0.15) is 0 Å². The molecule has 1 aromatic heterocycles. The van der Waals surface area contributed by atoms with Gasteiger partial charge in [0, 0.05) is 29.4 Å². The van der Waals surface area contributed by atoms with Crippen LogP contribution in [-0.4, -0.2) is 35.5 Å². The van der Waals surface area contributed by atoms with E-state index in [1.54, 1.807) is 0 Å². The SMILES string of the molecule is CC1=C[C@@H]2c3cccc4[nH]c(COC(=O)C(C)(C)C)c(c34)C[C@H]2N(C)C1. The Morgan fingerprint density at radius 1 is 1.35 bits per heavy atom. The maximum atomic E-state index is 12.2. The van der Waals surface area contributed by atoms with Crippen molar-refractivity contribution in [3.05, 3.63) is 46.7 Å². The highest BCUT2D eigenvalue weighted by atomic mass is 16.5. The molecule has 0 fully saturated rings. The van der Waals surface area contributed by atoms with Crippen molar-refractivity contribution in [3.63, 3.8) is 0 Å². The molecule has 4 heteroatoms. The topological polar surface area (TPSA) is 45.3 Å². The van der Waals surface area contributed by atoms with Crippen LogP contribution in [0, 0.1) is 5.41 Å². The highest BCUT2D eigenvalue weighted by Crippen LogP contribution is 2.43. The fraction of sp³-hybridized carbons (Fsp3) is 0.500. The fourth-order valence-corrected chi connectivity index (χ4v) is 4.42. The van der Waals surface area contributed by atoms with Crippen LogP contribution in [0.25, 0.3) is 10.9 Å². The van der Waals surface area contributed by atoms with Gasteiger partial charge in [-0.05, 0) is 58.4 Å². The molecule has 1 aromatic carbocycles. The molecular weight excluding hydrogens is 324 g/mol. The van der Waals surface area contributed by atoms with Crippen LogP contribution in [0.5, 0.6) is 0 Å². The first kappa shape index (κ1) is 17.3. The first-order chi connectivity index (χ1) is 12.3. The molecule has 1 N–H and O–H groups in total. The maximum absolute atomic E-state index is 12.2. The Labute approximate surface area is 155 Å². The summed E-state index contributed by atoms with van der Waals surface area (Å²) in [7, 11) is 2.21. The highest BCUT2D eigenvalue weighted by Gasteiger charge is 2.36. The predicted molar refractivity (Wildman–Crippen MR) is 104 cm³/mol. The second-order valence-corrected chi connectivity index (χ2v) is 8.90. The molecule has 0 saturated carbocycles. The maximum Gasteiger partial charge on any atom is 0.311 e. The van der Waals surface area contributed by atoms with E-state index in [4.69, 9.17) is 4.74 Å². The molecule has 0 bridgehead atoms. The van der Waals surface area contributed by atoms with E-state index in [-0.39, 0.29) is 5.97 Å². The predicted octanol–water partition coefficient (Wildman–Crippen LogP) is 4.16. The summed E-state index contributed by atoms with van der Waals surface area (Å²) in [6.45, 7) is 9.22. The van der Waals surface area contributed by atoms with Gasteiger partial charge in [-0.15, -0.1) is 0 Å². The molecule has 2 aromatic rings.